The molecule has 0 radical (unpaired) electrons. The largest absolute Gasteiger partial charge is 0.431 e. The predicted octanol–water partition coefficient (Wildman–Crippen LogP) is 2.53. The first-order chi connectivity index (χ1) is 12.3. The summed E-state index contributed by atoms with van der Waals surface area (Å²) in [5, 5.41) is 11.3. The van der Waals surface area contributed by atoms with Crippen molar-refractivity contribution in [1.82, 2.24) is 0 Å². The van der Waals surface area contributed by atoms with Crippen LogP contribution in [0.1, 0.15) is 46.0 Å². The molecule has 1 saturated heterocycles. The maximum atomic E-state index is 11.9. The van der Waals surface area contributed by atoms with Crippen LogP contribution in [0, 0.1) is 28.6 Å². The molecule has 0 aromatic rings. The van der Waals surface area contributed by atoms with Gasteiger partial charge in [-0.15, -0.1) is 0 Å². The number of ether oxygens (including phenoxy) is 2. The number of carbonyl (C=O) groups is 2. The van der Waals surface area contributed by atoms with Crippen LogP contribution in [0.15, 0.2) is 23.8 Å². The SMILES string of the molecule is CC12CCC(=O)C=C1C=CC1C2C(O)CC2(C)C1CC[C@@]21OCC(=O)O1. The highest BCUT2D eigenvalue weighted by Gasteiger charge is 2.69. The molecule has 5 nitrogen and oxygen atoms in total. The first-order valence-electron chi connectivity index (χ1n) is 9.76. The fraction of sp³-hybridized carbons (Fsp3) is 0.714. The lowest BCUT2D eigenvalue weighted by molar-refractivity contribution is -0.249. The lowest BCUT2D eigenvalue weighted by atomic mass is 9.48. The summed E-state index contributed by atoms with van der Waals surface area (Å²) in [6, 6.07) is 0. The van der Waals surface area contributed by atoms with Gasteiger partial charge in [-0.05, 0) is 48.2 Å². The molecular formula is C21H26O5. The fourth-order valence-corrected chi connectivity index (χ4v) is 6.90. The lowest BCUT2D eigenvalue weighted by Crippen LogP contribution is -2.59. The third kappa shape index (κ3) is 1.88. The van der Waals surface area contributed by atoms with Crippen molar-refractivity contribution in [3.8, 4) is 0 Å². The quantitative estimate of drug-likeness (QED) is 0.674. The smallest absolute Gasteiger partial charge is 0.334 e. The molecule has 5 aliphatic rings. The zero-order valence-electron chi connectivity index (χ0n) is 15.4. The number of carbonyl (C=O) groups excluding carboxylic acids is 2. The van der Waals surface area contributed by atoms with Crippen molar-refractivity contribution in [2.45, 2.75) is 57.8 Å². The number of esters is 1. The molecule has 1 spiro atoms. The zero-order chi connectivity index (χ0) is 18.3. The number of hydrogen-bond donors (Lipinski definition) is 1. The van der Waals surface area contributed by atoms with E-state index < -0.39 is 11.9 Å². The molecule has 4 aliphatic carbocycles. The number of allylic oxidation sites excluding steroid dienone is 4. The van der Waals surface area contributed by atoms with Crippen molar-refractivity contribution in [3.05, 3.63) is 23.8 Å². The Morgan fingerprint density at radius 3 is 2.77 bits per heavy atom. The third-order valence-corrected chi connectivity index (χ3v) is 8.20. The molecule has 0 aromatic carbocycles. The van der Waals surface area contributed by atoms with E-state index in [1.54, 1.807) is 6.08 Å². The van der Waals surface area contributed by atoms with Crippen LogP contribution in [0.3, 0.4) is 0 Å². The molecule has 1 heterocycles. The van der Waals surface area contributed by atoms with Gasteiger partial charge in [-0.2, -0.15) is 0 Å². The van der Waals surface area contributed by atoms with Crippen LogP contribution in [0.2, 0.25) is 0 Å². The van der Waals surface area contributed by atoms with E-state index in [4.69, 9.17) is 9.47 Å². The van der Waals surface area contributed by atoms with E-state index in [1.807, 2.05) is 0 Å². The van der Waals surface area contributed by atoms with Gasteiger partial charge in [-0.25, -0.2) is 4.79 Å². The van der Waals surface area contributed by atoms with E-state index >= 15 is 0 Å². The summed E-state index contributed by atoms with van der Waals surface area (Å²) >= 11 is 0. The summed E-state index contributed by atoms with van der Waals surface area (Å²) in [7, 11) is 0. The summed E-state index contributed by atoms with van der Waals surface area (Å²) in [6.07, 6.45) is 9.09. The van der Waals surface area contributed by atoms with Gasteiger partial charge < -0.3 is 14.6 Å². The summed E-state index contributed by atoms with van der Waals surface area (Å²) in [5.74, 6) is -0.395. The number of fused-ring (bicyclic) bond motifs is 6. The van der Waals surface area contributed by atoms with E-state index in [2.05, 4.69) is 26.0 Å². The standard InChI is InChI=1S/C21H26O5/c1-19-7-5-13(22)9-12(19)3-4-14-15-6-8-21(25-11-17(24)26-21)20(15,2)10-16(23)18(14)19/h3-4,9,14-16,18,23H,5-8,10-11H2,1-2H3/t14?,15?,16?,18?,19?,20?,21-/m0/s1. The average Bonchev–Trinajstić information content (AvgIpc) is 3.09. The Morgan fingerprint density at radius 2 is 2.04 bits per heavy atom. The van der Waals surface area contributed by atoms with Crippen LogP contribution < -0.4 is 0 Å². The number of aliphatic hydroxyl groups excluding tert-OH is 1. The van der Waals surface area contributed by atoms with Crippen LogP contribution >= 0.6 is 0 Å². The molecule has 5 heteroatoms. The van der Waals surface area contributed by atoms with E-state index in [9.17, 15) is 14.7 Å². The van der Waals surface area contributed by atoms with Gasteiger partial charge in [0.05, 0.1) is 6.10 Å². The van der Waals surface area contributed by atoms with Crippen molar-refractivity contribution in [1.29, 1.82) is 0 Å². The van der Waals surface area contributed by atoms with Crippen molar-refractivity contribution >= 4 is 11.8 Å². The molecule has 1 N–H and O–H groups in total. The van der Waals surface area contributed by atoms with Crippen LogP contribution in [0.5, 0.6) is 0 Å². The monoisotopic (exact) mass is 358 g/mol. The minimum atomic E-state index is -0.881. The molecule has 0 bridgehead atoms. The van der Waals surface area contributed by atoms with Gasteiger partial charge in [0.25, 0.3) is 0 Å². The average molecular weight is 358 g/mol. The molecule has 7 atom stereocenters. The molecule has 3 fully saturated rings. The Balaban J connectivity index is 1.58. The van der Waals surface area contributed by atoms with E-state index in [0.717, 1.165) is 18.4 Å². The van der Waals surface area contributed by atoms with E-state index in [1.165, 1.54) is 0 Å². The Morgan fingerprint density at radius 1 is 1.23 bits per heavy atom. The minimum Gasteiger partial charge on any atom is -0.431 e. The normalized spacial score (nSPS) is 52.3. The summed E-state index contributed by atoms with van der Waals surface area (Å²) < 4.78 is 11.6. The molecule has 0 amide bonds. The second-order valence-corrected chi connectivity index (χ2v) is 9.30. The van der Waals surface area contributed by atoms with Crippen LogP contribution in [0.25, 0.3) is 0 Å². The topological polar surface area (TPSA) is 72.8 Å². The molecular weight excluding hydrogens is 332 g/mol. The van der Waals surface area contributed by atoms with Crippen LogP contribution in [-0.2, 0) is 19.1 Å². The van der Waals surface area contributed by atoms with Crippen molar-refractivity contribution in [2.75, 3.05) is 6.61 Å². The van der Waals surface area contributed by atoms with Crippen molar-refractivity contribution in [2.24, 2.45) is 28.6 Å². The van der Waals surface area contributed by atoms with E-state index in [-0.39, 0.29) is 41.0 Å². The van der Waals surface area contributed by atoms with Gasteiger partial charge >= 0.3 is 5.97 Å². The molecule has 6 unspecified atom stereocenters. The Labute approximate surface area is 153 Å². The molecule has 1 aliphatic heterocycles. The second kappa shape index (κ2) is 5.08. The van der Waals surface area contributed by atoms with Crippen molar-refractivity contribution in [3.63, 3.8) is 0 Å². The second-order valence-electron chi connectivity index (χ2n) is 9.30. The Bertz CT molecular complexity index is 754. The lowest BCUT2D eigenvalue weighted by Gasteiger charge is -2.58. The third-order valence-electron chi connectivity index (χ3n) is 8.20. The highest BCUT2D eigenvalue weighted by molar-refractivity contribution is 5.92. The fourth-order valence-electron chi connectivity index (χ4n) is 6.90. The van der Waals surface area contributed by atoms with Crippen molar-refractivity contribution < 1.29 is 24.2 Å². The summed E-state index contributed by atoms with van der Waals surface area (Å²) in [6.45, 7) is 4.33. The maximum absolute atomic E-state index is 11.9. The first kappa shape index (κ1) is 16.7. The molecule has 2 saturated carbocycles. The van der Waals surface area contributed by atoms with Gasteiger partial charge in [0.2, 0.25) is 5.79 Å². The summed E-state index contributed by atoms with van der Waals surface area (Å²) in [5.41, 5.74) is 0.511. The van der Waals surface area contributed by atoms with Gasteiger partial charge in [0.15, 0.2) is 5.78 Å². The van der Waals surface area contributed by atoms with E-state index in [0.29, 0.717) is 25.2 Å². The predicted molar refractivity (Wildman–Crippen MR) is 92.8 cm³/mol. The van der Waals surface area contributed by atoms with Crippen LogP contribution in [-0.4, -0.2) is 35.4 Å². The molecule has 0 aromatic heterocycles. The molecule has 5 rings (SSSR count). The van der Waals surface area contributed by atoms with Gasteiger partial charge in [-0.1, -0.05) is 26.0 Å². The highest BCUT2D eigenvalue weighted by atomic mass is 16.8. The highest BCUT2D eigenvalue weighted by Crippen LogP contribution is 2.67. The Kier molecular flexibility index (Phi) is 3.26. The number of aliphatic hydroxyl groups is 1. The van der Waals surface area contributed by atoms with Gasteiger partial charge in [0.1, 0.15) is 6.61 Å². The van der Waals surface area contributed by atoms with Crippen LogP contribution in [0.4, 0.5) is 0 Å². The number of rotatable bonds is 0. The van der Waals surface area contributed by atoms with Gasteiger partial charge in [-0.3, -0.25) is 4.79 Å². The molecule has 26 heavy (non-hydrogen) atoms. The first-order valence-corrected chi connectivity index (χ1v) is 9.76. The van der Waals surface area contributed by atoms with Gasteiger partial charge in [0, 0.05) is 24.2 Å². The molecule has 140 valence electrons. The number of ketones is 1. The number of hydrogen-bond acceptors (Lipinski definition) is 5. The maximum Gasteiger partial charge on any atom is 0.334 e. The summed E-state index contributed by atoms with van der Waals surface area (Å²) in [4.78, 5) is 23.7. The Hall–Kier alpha value is -1.46. The minimum absolute atomic E-state index is 0.00898. The zero-order valence-corrected chi connectivity index (χ0v) is 15.4.